The largest absolute Gasteiger partial charge is 0.454 e. The van der Waals surface area contributed by atoms with Crippen molar-refractivity contribution in [3.63, 3.8) is 0 Å². The molecule has 1 amide bonds. The number of pyridine rings is 1. The van der Waals surface area contributed by atoms with Crippen molar-refractivity contribution in [1.29, 1.82) is 0 Å². The number of esters is 1. The fourth-order valence-electron chi connectivity index (χ4n) is 2.08. The second-order valence-corrected chi connectivity index (χ2v) is 5.51. The van der Waals surface area contributed by atoms with Crippen LogP contribution in [0.25, 0.3) is 0 Å². The molecule has 0 aliphatic heterocycles. The number of hydrogen-bond donors (Lipinski definition) is 1. The molecule has 0 aliphatic carbocycles. The van der Waals surface area contributed by atoms with Crippen molar-refractivity contribution >= 4 is 23.3 Å². The average Bonchev–Trinajstić information content (AvgIpc) is 2.62. The van der Waals surface area contributed by atoms with Crippen LogP contribution in [0.4, 0.5) is 28.9 Å². The summed E-state index contributed by atoms with van der Waals surface area (Å²) in [6, 6.07) is 3.71. The lowest BCUT2D eigenvalue weighted by Crippen LogP contribution is -2.28. The van der Waals surface area contributed by atoms with Crippen molar-refractivity contribution < 1.29 is 36.8 Å². The number of benzene rings is 1. The van der Waals surface area contributed by atoms with Crippen molar-refractivity contribution in [2.75, 3.05) is 11.9 Å². The standard InChI is InChI=1S/C16H11F4N3O6/c17-11-3-2-10(5-12(11)23(27)28)21-13(24)8-29-15(26)7-22-6-9(16(18,19)20)1-4-14(22)25/h1-6H,7-8H2,(H,21,24). The van der Waals surface area contributed by atoms with Crippen LogP contribution in [-0.2, 0) is 27.0 Å². The third kappa shape index (κ3) is 5.85. The third-order valence-corrected chi connectivity index (χ3v) is 3.40. The Kier molecular flexibility index (Phi) is 6.31. The van der Waals surface area contributed by atoms with E-state index in [4.69, 9.17) is 0 Å². The van der Waals surface area contributed by atoms with E-state index >= 15 is 0 Å². The number of carbonyl (C=O) groups is 2. The van der Waals surface area contributed by atoms with Crippen LogP contribution in [0.3, 0.4) is 0 Å². The molecular weight excluding hydrogens is 406 g/mol. The first-order valence-electron chi connectivity index (χ1n) is 7.64. The van der Waals surface area contributed by atoms with Crippen LogP contribution in [0.1, 0.15) is 5.56 Å². The maximum absolute atomic E-state index is 13.2. The van der Waals surface area contributed by atoms with Gasteiger partial charge in [0.2, 0.25) is 5.82 Å². The molecule has 1 N–H and O–H groups in total. The van der Waals surface area contributed by atoms with E-state index in [0.717, 1.165) is 18.2 Å². The van der Waals surface area contributed by atoms with E-state index in [1.54, 1.807) is 0 Å². The molecule has 1 heterocycles. The number of ether oxygens (including phenoxy) is 1. The van der Waals surface area contributed by atoms with Crippen LogP contribution in [0, 0.1) is 15.9 Å². The Bertz CT molecular complexity index is 1020. The highest BCUT2D eigenvalue weighted by atomic mass is 19.4. The van der Waals surface area contributed by atoms with Gasteiger partial charge in [-0.3, -0.25) is 24.5 Å². The fourth-order valence-corrected chi connectivity index (χ4v) is 2.08. The summed E-state index contributed by atoms with van der Waals surface area (Å²) in [7, 11) is 0. The van der Waals surface area contributed by atoms with Gasteiger partial charge in [-0.1, -0.05) is 0 Å². The summed E-state index contributed by atoms with van der Waals surface area (Å²) in [6.07, 6.45) is -4.29. The molecular formula is C16H11F4N3O6. The molecule has 0 bridgehead atoms. The van der Waals surface area contributed by atoms with Crippen molar-refractivity contribution in [3.05, 3.63) is 68.4 Å². The van der Waals surface area contributed by atoms with E-state index in [1.165, 1.54) is 0 Å². The summed E-state index contributed by atoms with van der Waals surface area (Å²) in [4.78, 5) is 44.6. The van der Waals surface area contributed by atoms with E-state index in [-0.39, 0.29) is 5.69 Å². The predicted octanol–water partition coefficient (Wildman–Crippen LogP) is 2.10. The summed E-state index contributed by atoms with van der Waals surface area (Å²) < 4.78 is 56.2. The van der Waals surface area contributed by atoms with Gasteiger partial charge in [-0.05, 0) is 18.2 Å². The molecule has 0 radical (unpaired) electrons. The number of amides is 1. The zero-order valence-electron chi connectivity index (χ0n) is 14.2. The first-order valence-corrected chi connectivity index (χ1v) is 7.64. The molecule has 0 spiro atoms. The number of anilines is 1. The van der Waals surface area contributed by atoms with Gasteiger partial charge in [-0.2, -0.15) is 17.6 Å². The van der Waals surface area contributed by atoms with Gasteiger partial charge in [0.1, 0.15) is 6.54 Å². The number of carbonyl (C=O) groups excluding carboxylic acids is 2. The number of hydrogen-bond acceptors (Lipinski definition) is 6. The Hall–Kier alpha value is -3.77. The Morgan fingerprint density at radius 1 is 1.21 bits per heavy atom. The molecule has 2 rings (SSSR count). The number of halogens is 4. The molecule has 0 saturated carbocycles. The second-order valence-electron chi connectivity index (χ2n) is 5.51. The fraction of sp³-hybridized carbons (Fsp3) is 0.188. The molecule has 9 nitrogen and oxygen atoms in total. The van der Waals surface area contributed by atoms with Gasteiger partial charge >= 0.3 is 17.8 Å². The lowest BCUT2D eigenvalue weighted by molar-refractivity contribution is -0.387. The average molecular weight is 417 g/mol. The third-order valence-electron chi connectivity index (χ3n) is 3.40. The van der Waals surface area contributed by atoms with Gasteiger partial charge in [0.15, 0.2) is 6.61 Å². The summed E-state index contributed by atoms with van der Waals surface area (Å²) in [5.74, 6) is -3.24. The van der Waals surface area contributed by atoms with Crippen LogP contribution in [0.2, 0.25) is 0 Å². The highest BCUT2D eigenvalue weighted by molar-refractivity contribution is 5.93. The van der Waals surface area contributed by atoms with Gasteiger partial charge in [-0.15, -0.1) is 0 Å². The maximum atomic E-state index is 13.2. The van der Waals surface area contributed by atoms with Crippen molar-refractivity contribution in [1.82, 2.24) is 4.57 Å². The predicted molar refractivity (Wildman–Crippen MR) is 88.3 cm³/mol. The lowest BCUT2D eigenvalue weighted by atomic mass is 10.2. The number of nitro benzene ring substituents is 1. The molecule has 2 aromatic rings. The van der Waals surface area contributed by atoms with E-state index in [2.05, 4.69) is 10.1 Å². The topological polar surface area (TPSA) is 121 Å². The van der Waals surface area contributed by atoms with Gasteiger partial charge in [0.05, 0.1) is 10.5 Å². The molecule has 0 atom stereocenters. The molecule has 0 unspecified atom stereocenters. The summed E-state index contributed by atoms with van der Waals surface area (Å²) in [6.45, 7) is -1.77. The SMILES string of the molecule is O=C(COC(=O)Cn1cc(C(F)(F)F)ccc1=O)Nc1ccc(F)c([N+](=O)[O-])c1. The molecule has 29 heavy (non-hydrogen) atoms. The van der Waals surface area contributed by atoms with Crippen LogP contribution >= 0.6 is 0 Å². The number of nitrogens with zero attached hydrogens (tertiary/aromatic N) is 2. The number of alkyl halides is 3. The smallest absolute Gasteiger partial charge is 0.417 e. The molecule has 154 valence electrons. The van der Waals surface area contributed by atoms with Gasteiger partial charge in [0, 0.05) is 24.0 Å². The van der Waals surface area contributed by atoms with E-state index in [0.29, 0.717) is 22.9 Å². The Labute approximate surface area is 158 Å². The summed E-state index contributed by atoms with van der Waals surface area (Å²) in [5.41, 5.74) is -3.07. The number of aromatic nitrogens is 1. The molecule has 0 saturated heterocycles. The molecule has 1 aromatic heterocycles. The van der Waals surface area contributed by atoms with E-state index in [1.807, 2.05) is 0 Å². The number of nitro groups is 1. The molecule has 1 aromatic carbocycles. The highest BCUT2D eigenvalue weighted by Crippen LogP contribution is 2.28. The first-order chi connectivity index (χ1) is 13.5. The Balaban J connectivity index is 1.96. The maximum Gasteiger partial charge on any atom is 0.417 e. The summed E-state index contributed by atoms with van der Waals surface area (Å²) in [5, 5.41) is 12.8. The Morgan fingerprint density at radius 2 is 1.90 bits per heavy atom. The van der Waals surface area contributed by atoms with Gasteiger partial charge < -0.3 is 14.6 Å². The van der Waals surface area contributed by atoms with Crippen molar-refractivity contribution in [3.8, 4) is 0 Å². The lowest BCUT2D eigenvalue weighted by Gasteiger charge is -2.11. The van der Waals surface area contributed by atoms with Crippen LogP contribution in [0.15, 0.2) is 41.3 Å². The minimum atomic E-state index is -4.73. The van der Waals surface area contributed by atoms with Crippen molar-refractivity contribution in [2.24, 2.45) is 0 Å². The zero-order chi connectivity index (χ0) is 21.8. The number of nitrogens with one attached hydrogen (secondary N) is 1. The minimum Gasteiger partial charge on any atom is -0.454 e. The Morgan fingerprint density at radius 3 is 2.52 bits per heavy atom. The van der Waals surface area contributed by atoms with E-state index < -0.39 is 58.8 Å². The van der Waals surface area contributed by atoms with E-state index in [9.17, 15) is 42.1 Å². The molecule has 13 heteroatoms. The van der Waals surface area contributed by atoms with Gasteiger partial charge in [-0.25, -0.2) is 0 Å². The molecule has 0 aliphatic rings. The highest BCUT2D eigenvalue weighted by Gasteiger charge is 2.31. The quantitative estimate of drug-likeness (QED) is 0.333. The van der Waals surface area contributed by atoms with Crippen LogP contribution in [0.5, 0.6) is 0 Å². The summed E-state index contributed by atoms with van der Waals surface area (Å²) >= 11 is 0. The van der Waals surface area contributed by atoms with Crippen LogP contribution in [-0.4, -0.2) is 28.0 Å². The van der Waals surface area contributed by atoms with Crippen molar-refractivity contribution in [2.45, 2.75) is 12.7 Å². The van der Waals surface area contributed by atoms with Crippen LogP contribution < -0.4 is 10.9 Å². The minimum absolute atomic E-state index is 0.145. The zero-order valence-corrected chi connectivity index (χ0v) is 14.2. The second kappa shape index (κ2) is 8.50. The van der Waals surface area contributed by atoms with Gasteiger partial charge in [0.25, 0.3) is 11.5 Å². The normalized spacial score (nSPS) is 11.0. The monoisotopic (exact) mass is 417 g/mol. The molecule has 0 fully saturated rings. The number of rotatable bonds is 6. The first kappa shape index (κ1) is 21.5.